The van der Waals surface area contributed by atoms with Gasteiger partial charge >= 0.3 is 0 Å². The molecule has 0 saturated carbocycles. The van der Waals surface area contributed by atoms with E-state index in [1.807, 2.05) is 6.92 Å². The van der Waals surface area contributed by atoms with Crippen LogP contribution in [0.2, 0.25) is 0 Å². The minimum atomic E-state index is -3.51. The zero-order valence-electron chi connectivity index (χ0n) is 14.5. The van der Waals surface area contributed by atoms with Crippen molar-refractivity contribution in [3.05, 3.63) is 59.7 Å². The molecule has 0 fully saturated rings. The lowest BCUT2D eigenvalue weighted by Gasteiger charge is -2.24. The third-order valence-corrected chi connectivity index (χ3v) is 4.73. The third kappa shape index (κ3) is 4.73. The summed E-state index contributed by atoms with van der Waals surface area (Å²) in [6.07, 6.45) is 1.16. The van der Waals surface area contributed by atoms with Gasteiger partial charge in [-0.05, 0) is 36.8 Å². The molecule has 1 N–H and O–H groups in total. The molecule has 1 amide bonds. The average molecular weight is 362 g/mol. The monoisotopic (exact) mass is 362 g/mol. The second-order valence-corrected chi connectivity index (χ2v) is 7.35. The van der Waals surface area contributed by atoms with Gasteiger partial charge in [0, 0.05) is 12.6 Å². The van der Waals surface area contributed by atoms with Gasteiger partial charge in [0.1, 0.15) is 5.75 Å². The van der Waals surface area contributed by atoms with Gasteiger partial charge in [0.15, 0.2) is 0 Å². The van der Waals surface area contributed by atoms with Crippen LogP contribution in [-0.2, 0) is 16.6 Å². The number of hydrogen-bond acceptors (Lipinski definition) is 4. The highest BCUT2D eigenvalue weighted by molar-refractivity contribution is 7.92. The SMILES string of the molecule is CCOc1ccccc1N(Cc1ccc(C(=O)NC)cc1)S(C)(=O)=O. The molecule has 0 aromatic heterocycles. The predicted molar refractivity (Wildman–Crippen MR) is 98.5 cm³/mol. The number of carbonyl (C=O) groups excluding carboxylic acids is 1. The summed E-state index contributed by atoms with van der Waals surface area (Å²) in [5.74, 6) is 0.325. The summed E-state index contributed by atoms with van der Waals surface area (Å²) < 4.78 is 31.5. The van der Waals surface area contributed by atoms with Crippen molar-refractivity contribution in [1.29, 1.82) is 0 Å². The summed E-state index contributed by atoms with van der Waals surface area (Å²) in [4.78, 5) is 11.6. The first-order valence-electron chi connectivity index (χ1n) is 7.87. The summed E-state index contributed by atoms with van der Waals surface area (Å²) in [6, 6.07) is 13.8. The van der Waals surface area contributed by atoms with E-state index < -0.39 is 10.0 Å². The number of ether oxygens (including phenoxy) is 1. The van der Waals surface area contributed by atoms with Crippen LogP contribution in [0.3, 0.4) is 0 Å². The van der Waals surface area contributed by atoms with Crippen molar-refractivity contribution in [2.45, 2.75) is 13.5 Å². The summed E-state index contributed by atoms with van der Waals surface area (Å²) in [6.45, 7) is 2.44. The summed E-state index contributed by atoms with van der Waals surface area (Å²) >= 11 is 0. The molecule has 0 aliphatic heterocycles. The van der Waals surface area contributed by atoms with E-state index in [0.717, 1.165) is 11.8 Å². The van der Waals surface area contributed by atoms with E-state index in [2.05, 4.69) is 5.32 Å². The molecule has 0 bridgehead atoms. The van der Waals surface area contributed by atoms with Crippen LogP contribution in [0.1, 0.15) is 22.8 Å². The lowest BCUT2D eigenvalue weighted by molar-refractivity contribution is 0.0963. The molecule has 25 heavy (non-hydrogen) atoms. The maximum Gasteiger partial charge on any atom is 0.251 e. The summed E-state index contributed by atoms with van der Waals surface area (Å²) in [5.41, 5.74) is 1.78. The number of benzene rings is 2. The van der Waals surface area contributed by atoms with Crippen LogP contribution in [0.25, 0.3) is 0 Å². The van der Waals surface area contributed by atoms with E-state index in [1.54, 1.807) is 55.6 Å². The first-order valence-corrected chi connectivity index (χ1v) is 9.72. The van der Waals surface area contributed by atoms with E-state index >= 15 is 0 Å². The minimum Gasteiger partial charge on any atom is -0.492 e. The Morgan fingerprint density at radius 1 is 1.12 bits per heavy atom. The molecule has 0 aliphatic rings. The fraction of sp³-hybridized carbons (Fsp3) is 0.278. The zero-order chi connectivity index (χ0) is 18.4. The first kappa shape index (κ1) is 18.8. The predicted octanol–water partition coefficient (Wildman–Crippen LogP) is 2.41. The maximum atomic E-state index is 12.3. The van der Waals surface area contributed by atoms with Crippen molar-refractivity contribution in [1.82, 2.24) is 5.32 Å². The molecule has 134 valence electrons. The average Bonchev–Trinajstić information content (AvgIpc) is 2.59. The molecule has 0 heterocycles. The molecular formula is C18H22N2O4S. The molecule has 0 aliphatic carbocycles. The molecule has 0 saturated heterocycles. The van der Waals surface area contributed by atoms with Gasteiger partial charge < -0.3 is 10.1 Å². The van der Waals surface area contributed by atoms with Crippen LogP contribution in [0, 0.1) is 0 Å². The van der Waals surface area contributed by atoms with Crippen LogP contribution >= 0.6 is 0 Å². The van der Waals surface area contributed by atoms with Gasteiger partial charge in [-0.3, -0.25) is 9.10 Å². The summed E-state index contributed by atoms with van der Waals surface area (Å²) in [7, 11) is -1.95. The van der Waals surface area contributed by atoms with Crippen LogP contribution in [0.15, 0.2) is 48.5 Å². The van der Waals surface area contributed by atoms with Gasteiger partial charge in [0.2, 0.25) is 10.0 Å². The molecule has 0 spiro atoms. The zero-order valence-corrected chi connectivity index (χ0v) is 15.3. The number of rotatable bonds is 7. The number of sulfonamides is 1. The Morgan fingerprint density at radius 2 is 1.76 bits per heavy atom. The van der Waals surface area contributed by atoms with Crippen LogP contribution in [0.4, 0.5) is 5.69 Å². The van der Waals surface area contributed by atoms with E-state index in [1.165, 1.54) is 4.31 Å². The number of nitrogens with one attached hydrogen (secondary N) is 1. The quantitative estimate of drug-likeness (QED) is 0.821. The highest BCUT2D eigenvalue weighted by atomic mass is 32.2. The molecule has 6 nitrogen and oxygen atoms in total. The molecule has 0 unspecified atom stereocenters. The van der Waals surface area contributed by atoms with E-state index in [4.69, 9.17) is 4.74 Å². The smallest absolute Gasteiger partial charge is 0.251 e. The van der Waals surface area contributed by atoms with E-state index in [-0.39, 0.29) is 12.5 Å². The second kappa shape index (κ2) is 8.02. The molecular weight excluding hydrogens is 340 g/mol. The Bertz CT molecular complexity index is 832. The van der Waals surface area contributed by atoms with Crippen molar-refractivity contribution >= 4 is 21.6 Å². The number of anilines is 1. The number of nitrogens with zero attached hydrogens (tertiary/aromatic N) is 1. The highest BCUT2D eigenvalue weighted by Gasteiger charge is 2.21. The molecule has 2 aromatic rings. The topological polar surface area (TPSA) is 75.7 Å². The van der Waals surface area contributed by atoms with Crippen molar-refractivity contribution in [2.24, 2.45) is 0 Å². The van der Waals surface area contributed by atoms with Gasteiger partial charge in [0.25, 0.3) is 5.91 Å². The van der Waals surface area contributed by atoms with Gasteiger partial charge in [-0.25, -0.2) is 8.42 Å². The summed E-state index contributed by atoms with van der Waals surface area (Å²) in [5, 5.41) is 2.55. The molecule has 2 rings (SSSR count). The van der Waals surface area contributed by atoms with E-state index in [9.17, 15) is 13.2 Å². The number of hydrogen-bond donors (Lipinski definition) is 1. The van der Waals surface area contributed by atoms with Crippen molar-refractivity contribution in [3.8, 4) is 5.75 Å². The van der Waals surface area contributed by atoms with Gasteiger partial charge in [-0.15, -0.1) is 0 Å². The lowest BCUT2D eigenvalue weighted by Crippen LogP contribution is -2.29. The van der Waals surface area contributed by atoms with Crippen LogP contribution in [-0.4, -0.2) is 34.2 Å². The van der Waals surface area contributed by atoms with Gasteiger partial charge in [-0.1, -0.05) is 24.3 Å². The van der Waals surface area contributed by atoms with E-state index in [0.29, 0.717) is 23.6 Å². The number of para-hydroxylation sites is 2. The second-order valence-electron chi connectivity index (χ2n) is 5.45. The third-order valence-electron chi connectivity index (χ3n) is 3.60. The Balaban J connectivity index is 2.36. The Hall–Kier alpha value is -2.54. The Morgan fingerprint density at radius 3 is 2.32 bits per heavy atom. The Labute approximate surface area is 148 Å². The highest BCUT2D eigenvalue weighted by Crippen LogP contribution is 2.31. The van der Waals surface area contributed by atoms with Gasteiger partial charge in [-0.2, -0.15) is 0 Å². The van der Waals surface area contributed by atoms with Crippen molar-refractivity contribution in [2.75, 3.05) is 24.2 Å². The fourth-order valence-electron chi connectivity index (χ4n) is 2.39. The number of amides is 1. The van der Waals surface area contributed by atoms with Crippen molar-refractivity contribution < 1.29 is 17.9 Å². The van der Waals surface area contributed by atoms with Crippen LogP contribution in [0.5, 0.6) is 5.75 Å². The minimum absolute atomic E-state index is 0.150. The molecule has 0 radical (unpaired) electrons. The van der Waals surface area contributed by atoms with Crippen molar-refractivity contribution in [3.63, 3.8) is 0 Å². The van der Waals surface area contributed by atoms with Gasteiger partial charge in [0.05, 0.1) is 25.1 Å². The fourth-order valence-corrected chi connectivity index (χ4v) is 3.29. The molecule has 2 aromatic carbocycles. The largest absolute Gasteiger partial charge is 0.492 e. The first-order chi connectivity index (χ1) is 11.9. The number of carbonyl (C=O) groups is 1. The molecule has 0 atom stereocenters. The molecule has 7 heteroatoms. The standard InChI is InChI=1S/C18H22N2O4S/c1-4-24-17-8-6-5-7-16(17)20(25(3,22)23)13-14-9-11-15(12-10-14)18(21)19-2/h5-12H,4,13H2,1-3H3,(H,19,21). The Kier molecular flexibility index (Phi) is 6.03. The maximum absolute atomic E-state index is 12.3. The van der Waals surface area contributed by atoms with Crippen LogP contribution < -0.4 is 14.4 Å². The normalized spacial score (nSPS) is 11.0. The lowest BCUT2D eigenvalue weighted by atomic mass is 10.1.